The van der Waals surface area contributed by atoms with E-state index < -0.39 is 9.84 Å². The molecule has 0 fully saturated rings. The molecular weight excluding hydrogens is 691 g/mol. The van der Waals surface area contributed by atoms with Gasteiger partial charge in [-0.1, -0.05) is 170 Å². The molecular formula is C51H31NO2S. The molecule has 0 saturated heterocycles. The van der Waals surface area contributed by atoms with Gasteiger partial charge in [0.1, 0.15) is 0 Å². The van der Waals surface area contributed by atoms with Gasteiger partial charge in [0, 0.05) is 32.5 Å². The highest BCUT2D eigenvalue weighted by Crippen LogP contribution is 2.49. The Labute approximate surface area is 317 Å². The lowest BCUT2D eigenvalue weighted by molar-refractivity contribution is 0.597. The highest BCUT2D eigenvalue weighted by Gasteiger charge is 2.27. The Morgan fingerprint density at radius 2 is 0.782 bits per heavy atom. The van der Waals surface area contributed by atoms with E-state index in [2.05, 4.69) is 115 Å². The zero-order valence-corrected chi connectivity index (χ0v) is 30.4. The van der Waals surface area contributed by atoms with Crippen LogP contribution < -0.4 is 0 Å². The normalized spacial score (nSPS) is 12.1. The standard InChI is InChI=1S/C51H31NO2S/c53-55(54,33-19-5-2-6-20-33)51-42-29-15-13-27-40(42)46(41-28-14-16-30-43(41)51)44-31-45-47(37-24-10-9-23-36(37)44)48-38-25-11-7-21-34(38)35-22-8-12-26-39(35)49(48)50(52-45)32-17-3-1-4-18-32/h1-31H. The van der Waals surface area contributed by atoms with Crippen LogP contribution in [0.15, 0.2) is 198 Å². The van der Waals surface area contributed by atoms with Crippen molar-refractivity contribution in [2.24, 2.45) is 0 Å². The minimum Gasteiger partial charge on any atom is -0.247 e. The SMILES string of the molecule is O=S(=O)(c1ccccc1)c1c2ccccc2c(-c2cc3nc(-c4ccccc4)c4c5ccccc5c5ccccc5c4c3c3ccccc23)c2ccccc12. The first-order valence-corrected chi connectivity index (χ1v) is 20.0. The molecule has 1 heterocycles. The fourth-order valence-corrected chi connectivity index (χ4v) is 10.6. The summed E-state index contributed by atoms with van der Waals surface area (Å²) >= 11 is 0. The Morgan fingerprint density at radius 3 is 1.35 bits per heavy atom. The minimum absolute atomic E-state index is 0.276. The molecule has 0 bridgehead atoms. The molecule has 0 aliphatic carbocycles. The third-order valence-electron chi connectivity index (χ3n) is 11.2. The molecule has 0 atom stereocenters. The van der Waals surface area contributed by atoms with E-state index in [4.69, 9.17) is 4.98 Å². The molecule has 10 aromatic carbocycles. The summed E-state index contributed by atoms with van der Waals surface area (Å²) in [5, 5.41) is 13.5. The van der Waals surface area contributed by atoms with E-state index in [9.17, 15) is 8.42 Å². The van der Waals surface area contributed by atoms with Gasteiger partial charge in [0.2, 0.25) is 9.84 Å². The van der Waals surface area contributed by atoms with E-state index in [1.807, 2.05) is 48.5 Å². The third-order valence-corrected chi connectivity index (χ3v) is 13.1. The van der Waals surface area contributed by atoms with Gasteiger partial charge in [0.05, 0.1) is 21.0 Å². The van der Waals surface area contributed by atoms with Crippen LogP contribution in [-0.2, 0) is 9.84 Å². The van der Waals surface area contributed by atoms with Gasteiger partial charge in [-0.25, -0.2) is 13.4 Å². The zero-order valence-electron chi connectivity index (χ0n) is 29.6. The molecule has 0 radical (unpaired) electrons. The van der Waals surface area contributed by atoms with Gasteiger partial charge in [0.25, 0.3) is 0 Å². The van der Waals surface area contributed by atoms with Gasteiger partial charge in [-0.05, 0) is 72.4 Å². The summed E-state index contributed by atoms with van der Waals surface area (Å²) in [4.78, 5) is 6.23. The van der Waals surface area contributed by atoms with E-state index in [1.54, 1.807) is 24.3 Å². The Morgan fingerprint density at radius 1 is 0.364 bits per heavy atom. The number of nitrogens with zero attached hydrogens (tertiary/aromatic N) is 1. The highest BCUT2D eigenvalue weighted by molar-refractivity contribution is 7.92. The number of hydrogen-bond donors (Lipinski definition) is 0. The predicted octanol–water partition coefficient (Wildman–Crippen LogP) is 13.3. The van der Waals surface area contributed by atoms with Crippen LogP contribution in [0.4, 0.5) is 0 Å². The Hall–Kier alpha value is -6.88. The van der Waals surface area contributed by atoms with Crippen LogP contribution in [0.5, 0.6) is 0 Å². The van der Waals surface area contributed by atoms with Crippen LogP contribution >= 0.6 is 0 Å². The maximum atomic E-state index is 14.6. The molecule has 0 unspecified atom stereocenters. The van der Waals surface area contributed by atoms with Gasteiger partial charge < -0.3 is 0 Å². The summed E-state index contributed by atoms with van der Waals surface area (Å²) in [5.74, 6) is 0. The molecule has 55 heavy (non-hydrogen) atoms. The molecule has 0 saturated carbocycles. The van der Waals surface area contributed by atoms with Crippen molar-refractivity contribution in [1.29, 1.82) is 0 Å². The molecule has 0 aliphatic rings. The molecule has 0 spiro atoms. The monoisotopic (exact) mass is 721 g/mol. The first-order chi connectivity index (χ1) is 27.1. The smallest absolute Gasteiger partial charge is 0.207 e. The van der Waals surface area contributed by atoms with Crippen LogP contribution in [0, 0.1) is 0 Å². The Bertz CT molecular complexity index is 3430. The number of sulfone groups is 1. The van der Waals surface area contributed by atoms with Gasteiger partial charge in [-0.2, -0.15) is 0 Å². The lowest BCUT2D eigenvalue weighted by Gasteiger charge is -2.21. The summed E-state index contributed by atoms with van der Waals surface area (Å²) in [6.45, 7) is 0. The van der Waals surface area contributed by atoms with Crippen LogP contribution in [0.1, 0.15) is 0 Å². The number of benzene rings is 10. The summed E-state index contributed by atoms with van der Waals surface area (Å²) in [5.41, 5.74) is 4.87. The second kappa shape index (κ2) is 12.1. The van der Waals surface area contributed by atoms with Crippen LogP contribution in [-0.4, -0.2) is 13.4 Å². The van der Waals surface area contributed by atoms with Gasteiger partial charge >= 0.3 is 0 Å². The lowest BCUT2D eigenvalue weighted by Crippen LogP contribution is -2.05. The van der Waals surface area contributed by atoms with Gasteiger partial charge in [0.15, 0.2) is 0 Å². The Kier molecular flexibility index (Phi) is 6.94. The molecule has 258 valence electrons. The van der Waals surface area contributed by atoms with Crippen LogP contribution in [0.3, 0.4) is 0 Å². The maximum Gasteiger partial charge on any atom is 0.207 e. The first-order valence-electron chi connectivity index (χ1n) is 18.5. The minimum atomic E-state index is -3.88. The van der Waals surface area contributed by atoms with Crippen LogP contribution in [0.2, 0.25) is 0 Å². The van der Waals surface area contributed by atoms with Crippen molar-refractivity contribution in [3.05, 3.63) is 188 Å². The van der Waals surface area contributed by atoms with E-state index in [0.717, 1.165) is 60.2 Å². The fourth-order valence-electron chi connectivity index (χ4n) is 8.93. The molecule has 3 nitrogen and oxygen atoms in total. The third kappa shape index (κ3) is 4.62. The highest BCUT2D eigenvalue weighted by atomic mass is 32.2. The number of aromatic nitrogens is 1. The molecule has 11 aromatic rings. The average Bonchev–Trinajstić information content (AvgIpc) is 3.25. The van der Waals surface area contributed by atoms with Crippen LogP contribution in [0.25, 0.3) is 97.9 Å². The van der Waals surface area contributed by atoms with Crippen molar-refractivity contribution >= 4 is 85.4 Å². The number of rotatable bonds is 4. The van der Waals surface area contributed by atoms with Crippen molar-refractivity contribution in [1.82, 2.24) is 4.98 Å². The fraction of sp³-hybridized carbons (Fsp3) is 0. The topological polar surface area (TPSA) is 47.0 Å². The van der Waals surface area contributed by atoms with E-state index in [-0.39, 0.29) is 4.90 Å². The number of pyridine rings is 1. The molecule has 1 aromatic heterocycles. The first kappa shape index (κ1) is 31.6. The zero-order chi connectivity index (χ0) is 36.7. The molecule has 0 N–H and O–H groups in total. The lowest BCUT2D eigenvalue weighted by atomic mass is 9.85. The second-order valence-corrected chi connectivity index (χ2v) is 16.0. The number of fused-ring (bicyclic) bond motifs is 12. The summed E-state index contributed by atoms with van der Waals surface area (Å²) in [6.07, 6.45) is 0. The molecule has 11 rings (SSSR count). The van der Waals surface area contributed by atoms with Gasteiger partial charge in [-0.15, -0.1) is 0 Å². The summed E-state index contributed by atoms with van der Waals surface area (Å²) in [7, 11) is -3.88. The van der Waals surface area contributed by atoms with Gasteiger partial charge in [-0.3, -0.25) is 0 Å². The second-order valence-electron chi connectivity index (χ2n) is 14.1. The average molecular weight is 722 g/mol. The summed E-state index contributed by atoms with van der Waals surface area (Å²) < 4.78 is 29.2. The van der Waals surface area contributed by atoms with E-state index in [0.29, 0.717) is 15.7 Å². The van der Waals surface area contributed by atoms with E-state index >= 15 is 0 Å². The maximum absolute atomic E-state index is 14.6. The van der Waals surface area contributed by atoms with Crippen molar-refractivity contribution < 1.29 is 8.42 Å². The molecule has 4 heteroatoms. The largest absolute Gasteiger partial charge is 0.247 e. The molecule has 0 aliphatic heterocycles. The molecule has 0 amide bonds. The van der Waals surface area contributed by atoms with Crippen molar-refractivity contribution in [3.8, 4) is 22.4 Å². The quantitative estimate of drug-likeness (QED) is 0.134. The van der Waals surface area contributed by atoms with Crippen molar-refractivity contribution in [2.45, 2.75) is 9.79 Å². The predicted molar refractivity (Wildman–Crippen MR) is 230 cm³/mol. The van der Waals surface area contributed by atoms with E-state index in [1.165, 1.54) is 26.9 Å². The number of hydrogen-bond acceptors (Lipinski definition) is 3. The van der Waals surface area contributed by atoms with Crippen molar-refractivity contribution in [2.75, 3.05) is 0 Å². The Balaban J connectivity index is 1.36. The van der Waals surface area contributed by atoms with Crippen molar-refractivity contribution in [3.63, 3.8) is 0 Å². The summed E-state index contributed by atoms with van der Waals surface area (Å²) in [6, 6.07) is 63.4.